The normalized spacial score (nSPS) is 10.1. The van der Waals surface area contributed by atoms with Gasteiger partial charge in [0.25, 0.3) is 0 Å². The maximum atomic E-state index is 10.9. The molecular weight excluding hydrogens is 222 g/mol. The summed E-state index contributed by atoms with van der Waals surface area (Å²) in [7, 11) is 0. The molecule has 3 heteroatoms. The van der Waals surface area contributed by atoms with Gasteiger partial charge in [0, 0.05) is 23.0 Å². The summed E-state index contributed by atoms with van der Waals surface area (Å²) < 4.78 is 0. The number of benzene rings is 1. The lowest BCUT2D eigenvalue weighted by Gasteiger charge is -2.06. The van der Waals surface area contributed by atoms with Gasteiger partial charge in [-0.25, -0.2) is 0 Å². The first-order valence-electron chi connectivity index (χ1n) is 4.88. The van der Waals surface area contributed by atoms with E-state index in [4.69, 9.17) is 11.6 Å². The molecule has 0 saturated carbocycles. The minimum absolute atomic E-state index is 0.587. The smallest absolute Gasteiger partial charge is 0.152 e. The quantitative estimate of drug-likeness (QED) is 0.741. The molecule has 2 aromatic rings. The average Bonchev–Trinajstić information content (AvgIpc) is 2.32. The Morgan fingerprint density at radius 1 is 1.31 bits per heavy atom. The zero-order chi connectivity index (χ0) is 11.5. The van der Waals surface area contributed by atoms with E-state index in [0.717, 1.165) is 28.0 Å². The van der Waals surface area contributed by atoms with Gasteiger partial charge in [-0.05, 0) is 41.8 Å². The second-order valence-corrected chi connectivity index (χ2v) is 3.95. The first-order chi connectivity index (χ1) is 7.72. The molecule has 1 aromatic carbocycles. The highest BCUT2D eigenvalue weighted by Gasteiger charge is 2.05. The van der Waals surface area contributed by atoms with E-state index in [9.17, 15) is 4.79 Å². The van der Waals surface area contributed by atoms with E-state index >= 15 is 0 Å². The van der Waals surface area contributed by atoms with Crippen molar-refractivity contribution < 1.29 is 4.79 Å². The standard InChI is InChI=1S/C13H10ClNO/c1-9-6-10(2-3-13(9)14)12-4-5-15-7-11(12)8-16/h2-8H,1H3. The first-order valence-corrected chi connectivity index (χ1v) is 5.26. The average molecular weight is 232 g/mol. The van der Waals surface area contributed by atoms with Crippen LogP contribution in [0, 0.1) is 6.92 Å². The highest BCUT2D eigenvalue weighted by molar-refractivity contribution is 6.31. The second kappa shape index (κ2) is 4.45. The minimum atomic E-state index is 0.587. The van der Waals surface area contributed by atoms with Gasteiger partial charge in [0.1, 0.15) is 0 Å². The molecule has 0 amide bonds. The number of halogens is 1. The third kappa shape index (κ3) is 1.97. The molecule has 0 atom stereocenters. The van der Waals surface area contributed by atoms with Crippen LogP contribution in [0.1, 0.15) is 15.9 Å². The van der Waals surface area contributed by atoms with Crippen LogP contribution in [-0.4, -0.2) is 11.3 Å². The molecular formula is C13H10ClNO. The van der Waals surface area contributed by atoms with Crippen LogP contribution in [0.3, 0.4) is 0 Å². The summed E-state index contributed by atoms with van der Waals surface area (Å²) in [5.74, 6) is 0. The van der Waals surface area contributed by atoms with Crippen molar-refractivity contribution >= 4 is 17.9 Å². The van der Waals surface area contributed by atoms with E-state index in [1.165, 1.54) is 0 Å². The molecule has 0 fully saturated rings. The van der Waals surface area contributed by atoms with Crippen LogP contribution in [0.2, 0.25) is 5.02 Å². The zero-order valence-electron chi connectivity index (χ0n) is 8.77. The topological polar surface area (TPSA) is 30.0 Å². The van der Waals surface area contributed by atoms with Crippen molar-refractivity contribution in [1.29, 1.82) is 0 Å². The van der Waals surface area contributed by atoms with Crippen molar-refractivity contribution in [2.45, 2.75) is 6.92 Å². The van der Waals surface area contributed by atoms with Gasteiger partial charge in [0.05, 0.1) is 0 Å². The maximum Gasteiger partial charge on any atom is 0.152 e. The Morgan fingerprint density at radius 3 is 2.81 bits per heavy atom. The van der Waals surface area contributed by atoms with Crippen LogP contribution in [0.15, 0.2) is 36.7 Å². The fourth-order valence-corrected chi connectivity index (χ4v) is 1.69. The van der Waals surface area contributed by atoms with E-state index in [2.05, 4.69) is 4.98 Å². The van der Waals surface area contributed by atoms with Gasteiger partial charge in [0.15, 0.2) is 6.29 Å². The highest BCUT2D eigenvalue weighted by atomic mass is 35.5. The molecule has 1 aromatic heterocycles. The number of carbonyl (C=O) groups excluding carboxylic acids is 1. The van der Waals surface area contributed by atoms with E-state index in [-0.39, 0.29) is 0 Å². The monoisotopic (exact) mass is 231 g/mol. The molecule has 2 nitrogen and oxygen atoms in total. The number of aldehydes is 1. The Bertz CT molecular complexity index is 537. The van der Waals surface area contributed by atoms with Crippen LogP contribution in [-0.2, 0) is 0 Å². The molecule has 2 rings (SSSR count). The molecule has 0 bridgehead atoms. The van der Waals surface area contributed by atoms with E-state index in [1.807, 2.05) is 31.2 Å². The lowest BCUT2D eigenvalue weighted by atomic mass is 10.0. The summed E-state index contributed by atoms with van der Waals surface area (Å²) in [4.78, 5) is 14.8. The van der Waals surface area contributed by atoms with E-state index in [1.54, 1.807) is 12.4 Å². The van der Waals surface area contributed by atoms with Gasteiger partial charge in [-0.15, -0.1) is 0 Å². The number of rotatable bonds is 2. The number of aryl methyl sites for hydroxylation is 1. The van der Waals surface area contributed by atoms with Crippen molar-refractivity contribution in [2.75, 3.05) is 0 Å². The SMILES string of the molecule is Cc1cc(-c2ccncc2C=O)ccc1Cl. The lowest BCUT2D eigenvalue weighted by molar-refractivity contribution is 0.112. The molecule has 80 valence electrons. The molecule has 0 N–H and O–H groups in total. The van der Waals surface area contributed by atoms with E-state index in [0.29, 0.717) is 5.56 Å². The summed E-state index contributed by atoms with van der Waals surface area (Å²) in [6.45, 7) is 1.94. The first kappa shape index (κ1) is 10.8. The Hall–Kier alpha value is -1.67. The minimum Gasteiger partial charge on any atom is -0.298 e. The zero-order valence-corrected chi connectivity index (χ0v) is 9.53. The molecule has 0 spiro atoms. The van der Waals surface area contributed by atoms with Crippen LogP contribution in [0.5, 0.6) is 0 Å². The second-order valence-electron chi connectivity index (χ2n) is 3.54. The van der Waals surface area contributed by atoms with Gasteiger partial charge < -0.3 is 0 Å². The van der Waals surface area contributed by atoms with Crippen LogP contribution in [0.4, 0.5) is 0 Å². The summed E-state index contributed by atoms with van der Waals surface area (Å²) in [6, 6.07) is 7.52. The fourth-order valence-electron chi connectivity index (χ4n) is 1.58. The molecule has 0 aliphatic carbocycles. The van der Waals surface area contributed by atoms with Gasteiger partial charge in [-0.3, -0.25) is 9.78 Å². The summed E-state index contributed by atoms with van der Waals surface area (Å²) in [5.41, 5.74) is 3.44. The third-order valence-electron chi connectivity index (χ3n) is 2.45. The van der Waals surface area contributed by atoms with Gasteiger partial charge in [0.2, 0.25) is 0 Å². The van der Waals surface area contributed by atoms with Gasteiger partial charge in [-0.2, -0.15) is 0 Å². The molecule has 0 unspecified atom stereocenters. The number of carbonyl (C=O) groups is 1. The van der Waals surface area contributed by atoms with Crippen LogP contribution >= 0.6 is 11.6 Å². The van der Waals surface area contributed by atoms with Crippen LogP contribution < -0.4 is 0 Å². The number of hydrogen-bond acceptors (Lipinski definition) is 2. The van der Waals surface area contributed by atoms with Crippen molar-refractivity contribution in [3.8, 4) is 11.1 Å². The van der Waals surface area contributed by atoms with Crippen molar-refractivity contribution in [3.63, 3.8) is 0 Å². The summed E-state index contributed by atoms with van der Waals surface area (Å²) >= 11 is 5.96. The third-order valence-corrected chi connectivity index (χ3v) is 2.87. The largest absolute Gasteiger partial charge is 0.298 e. The number of pyridine rings is 1. The molecule has 0 aliphatic rings. The Morgan fingerprint density at radius 2 is 2.12 bits per heavy atom. The predicted octanol–water partition coefficient (Wildman–Crippen LogP) is 3.52. The van der Waals surface area contributed by atoms with Gasteiger partial charge >= 0.3 is 0 Å². The Balaban J connectivity index is 2.58. The molecule has 0 aliphatic heterocycles. The maximum absolute atomic E-state index is 10.9. The van der Waals surface area contributed by atoms with Crippen LogP contribution in [0.25, 0.3) is 11.1 Å². The summed E-state index contributed by atoms with van der Waals surface area (Å²) in [6.07, 6.45) is 4.05. The molecule has 0 saturated heterocycles. The van der Waals surface area contributed by atoms with Crippen molar-refractivity contribution in [3.05, 3.63) is 52.8 Å². The fraction of sp³-hybridized carbons (Fsp3) is 0.0769. The van der Waals surface area contributed by atoms with E-state index < -0.39 is 0 Å². The number of hydrogen-bond donors (Lipinski definition) is 0. The number of aromatic nitrogens is 1. The lowest BCUT2D eigenvalue weighted by Crippen LogP contribution is -1.89. The molecule has 16 heavy (non-hydrogen) atoms. The summed E-state index contributed by atoms with van der Waals surface area (Å²) in [5, 5.41) is 0.727. The predicted molar refractivity (Wildman–Crippen MR) is 64.8 cm³/mol. The number of nitrogens with zero attached hydrogens (tertiary/aromatic N) is 1. The Kier molecular flexibility index (Phi) is 3.02. The van der Waals surface area contributed by atoms with Gasteiger partial charge in [-0.1, -0.05) is 17.7 Å². The Labute approximate surface area is 98.9 Å². The van der Waals surface area contributed by atoms with Crippen molar-refractivity contribution in [2.24, 2.45) is 0 Å². The van der Waals surface area contributed by atoms with Crippen molar-refractivity contribution in [1.82, 2.24) is 4.98 Å². The molecule has 1 heterocycles. The highest BCUT2D eigenvalue weighted by Crippen LogP contribution is 2.26. The molecule has 0 radical (unpaired) electrons.